The molecule has 0 atom stereocenters. The number of carbonyl (C=O) groups is 1. The molecule has 3 rings (SSSR count). The molecule has 136 valence electrons. The second-order valence-electron chi connectivity index (χ2n) is 7.05. The maximum absolute atomic E-state index is 12.3. The Bertz CT molecular complexity index is 686. The number of rotatable bonds is 5. The summed E-state index contributed by atoms with van der Waals surface area (Å²) in [5.41, 5.74) is 0. The van der Waals surface area contributed by atoms with Crippen molar-refractivity contribution >= 4 is 29.0 Å². The van der Waals surface area contributed by atoms with Gasteiger partial charge in [0.2, 0.25) is 17.6 Å². The molecule has 1 amide bonds. The van der Waals surface area contributed by atoms with Gasteiger partial charge in [0.1, 0.15) is 0 Å². The molecule has 1 saturated heterocycles. The molecule has 0 aliphatic carbocycles. The molecule has 0 radical (unpaired) electrons. The van der Waals surface area contributed by atoms with E-state index in [1.165, 1.54) is 0 Å². The van der Waals surface area contributed by atoms with E-state index in [4.69, 9.17) is 4.52 Å². The van der Waals surface area contributed by atoms with Crippen molar-refractivity contribution in [1.82, 2.24) is 19.9 Å². The molecule has 0 aromatic carbocycles. The van der Waals surface area contributed by atoms with E-state index < -0.39 is 0 Å². The van der Waals surface area contributed by atoms with E-state index in [0.29, 0.717) is 24.0 Å². The first-order valence-electron chi connectivity index (χ1n) is 8.41. The molecular weight excluding hydrogens is 356 g/mol. The fourth-order valence-electron chi connectivity index (χ4n) is 2.54. The molecule has 2 aromatic rings. The third-order valence-corrected chi connectivity index (χ3v) is 6.05. The Morgan fingerprint density at radius 1 is 1.32 bits per heavy atom. The zero-order chi connectivity index (χ0) is 17.9. The largest absolute Gasteiger partial charge is 0.339 e. The minimum absolute atomic E-state index is 0.121. The lowest BCUT2D eigenvalue weighted by Crippen LogP contribution is -2.49. The van der Waals surface area contributed by atoms with Crippen LogP contribution < -0.4 is 0 Å². The van der Waals surface area contributed by atoms with Gasteiger partial charge in [0, 0.05) is 30.9 Å². The molecule has 6 nitrogen and oxygen atoms in total. The first-order chi connectivity index (χ1) is 11.9. The number of hydrogen-bond donors (Lipinski definition) is 0. The third kappa shape index (κ3) is 5.29. The van der Waals surface area contributed by atoms with Gasteiger partial charge in [-0.1, -0.05) is 32.0 Å². The van der Waals surface area contributed by atoms with E-state index in [1.807, 2.05) is 22.4 Å². The number of thiophene rings is 1. The lowest BCUT2D eigenvalue weighted by molar-refractivity contribution is -0.130. The normalized spacial score (nSPS) is 16.4. The van der Waals surface area contributed by atoms with Gasteiger partial charge in [-0.3, -0.25) is 9.69 Å². The van der Waals surface area contributed by atoms with Gasteiger partial charge in [-0.15, -0.1) is 23.1 Å². The van der Waals surface area contributed by atoms with Crippen LogP contribution in [0.5, 0.6) is 0 Å². The van der Waals surface area contributed by atoms with E-state index in [1.54, 1.807) is 23.1 Å². The topological polar surface area (TPSA) is 62.5 Å². The number of thioether (sulfide) groups is 1. The summed E-state index contributed by atoms with van der Waals surface area (Å²) in [4.78, 5) is 22.0. The average molecular weight is 381 g/mol. The van der Waals surface area contributed by atoms with Gasteiger partial charge in [0.05, 0.1) is 17.2 Å². The molecule has 0 bridgehead atoms. The molecular formula is C17H24N4O2S2. The molecule has 1 aliphatic rings. The highest BCUT2D eigenvalue weighted by atomic mass is 32.2. The van der Waals surface area contributed by atoms with Crippen LogP contribution in [0.1, 0.15) is 26.7 Å². The minimum atomic E-state index is 0.121. The quantitative estimate of drug-likeness (QED) is 0.795. The van der Waals surface area contributed by atoms with E-state index in [-0.39, 0.29) is 10.7 Å². The summed E-state index contributed by atoms with van der Waals surface area (Å²) in [7, 11) is 0. The van der Waals surface area contributed by atoms with Crippen LogP contribution in [0.4, 0.5) is 0 Å². The molecule has 0 N–H and O–H groups in total. The highest BCUT2D eigenvalue weighted by Gasteiger charge is 2.24. The van der Waals surface area contributed by atoms with Crippen LogP contribution in [0, 0.1) is 0 Å². The highest BCUT2D eigenvalue weighted by Crippen LogP contribution is 2.24. The smallest absolute Gasteiger partial charge is 0.241 e. The lowest BCUT2D eigenvalue weighted by Gasteiger charge is -2.34. The van der Waals surface area contributed by atoms with Crippen molar-refractivity contribution in [3.8, 4) is 10.7 Å². The monoisotopic (exact) mass is 380 g/mol. The molecule has 25 heavy (non-hydrogen) atoms. The Balaban J connectivity index is 1.46. The van der Waals surface area contributed by atoms with Crippen molar-refractivity contribution in [2.45, 2.75) is 32.1 Å². The molecule has 0 unspecified atom stereocenters. The van der Waals surface area contributed by atoms with Crippen LogP contribution in [0.2, 0.25) is 0 Å². The van der Waals surface area contributed by atoms with Crippen LogP contribution in [0.15, 0.2) is 22.0 Å². The summed E-state index contributed by atoms with van der Waals surface area (Å²) < 4.78 is 5.48. The van der Waals surface area contributed by atoms with Gasteiger partial charge in [-0.2, -0.15) is 4.98 Å². The number of carbonyl (C=O) groups excluding carboxylic acids is 1. The SMILES string of the molecule is CC(C)(C)SCC(=O)N1CCN(Cc2nc(-c3cccs3)no2)CC1. The zero-order valence-electron chi connectivity index (χ0n) is 14.9. The summed E-state index contributed by atoms with van der Waals surface area (Å²) in [5.74, 6) is 2.07. The van der Waals surface area contributed by atoms with E-state index in [0.717, 1.165) is 31.1 Å². The van der Waals surface area contributed by atoms with Gasteiger partial charge in [-0.25, -0.2) is 0 Å². The molecule has 1 aliphatic heterocycles. The molecule has 0 saturated carbocycles. The van der Waals surface area contributed by atoms with Crippen molar-refractivity contribution in [1.29, 1.82) is 0 Å². The zero-order valence-corrected chi connectivity index (χ0v) is 16.5. The van der Waals surface area contributed by atoms with Crippen molar-refractivity contribution in [3.63, 3.8) is 0 Å². The Labute approximate surface area is 156 Å². The van der Waals surface area contributed by atoms with Crippen LogP contribution in [-0.2, 0) is 11.3 Å². The van der Waals surface area contributed by atoms with Crippen molar-refractivity contribution in [3.05, 3.63) is 23.4 Å². The first kappa shape index (κ1) is 18.4. The maximum Gasteiger partial charge on any atom is 0.241 e. The third-order valence-electron chi connectivity index (χ3n) is 3.92. The van der Waals surface area contributed by atoms with Crippen LogP contribution in [-0.4, -0.2) is 62.5 Å². The fourth-order valence-corrected chi connectivity index (χ4v) is 3.93. The molecule has 8 heteroatoms. The molecule has 0 spiro atoms. The second-order valence-corrected chi connectivity index (χ2v) is 9.80. The van der Waals surface area contributed by atoms with Gasteiger partial charge in [-0.05, 0) is 11.4 Å². The van der Waals surface area contributed by atoms with E-state index >= 15 is 0 Å². The van der Waals surface area contributed by atoms with E-state index in [2.05, 4.69) is 35.8 Å². The van der Waals surface area contributed by atoms with Crippen molar-refractivity contribution < 1.29 is 9.32 Å². The van der Waals surface area contributed by atoms with Gasteiger partial charge in [0.15, 0.2) is 0 Å². The van der Waals surface area contributed by atoms with Gasteiger partial charge >= 0.3 is 0 Å². The highest BCUT2D eigenvalue weighted by molar-refractivity contribution is 8.01. The van der Waals surface area contributed by atoms with Crippen LogP contribution in [0.25, 0.3) is 10.7 Å². The number of amides is 1. The number of aromatic nitrogens is 2. The Morgan fingerprint density at radius 3 is 2.72 bits per heavy atom. The van der Waals surface area contributed by atoms with E-state index in [9.17, 15) is 4.79 Å². The Kier molecular flexibility index (Phi) is 5.81. The number of piperazine rings is 1. The fraction of sp³-hybridized carbons (Fsp3) is 0.588. The maximum atomic E-state index is 12.3. The molecule has 2 aromatic heterocycles. The number of nitrogens with zero attached hydrogens (tertiary/aromatic N) is 4. The standard InChI is InChI=1S/C17H24N4O2S2/c1-17(2,3)25-12-15(22)21-8-6-20(7-9-21)11-14-18-16(19-23-14)13-5-4-10-24-13/h4-5,10H,6-9,11-12H2,1-3H3. The molecule has 1 fully saturated rings. The first-order valence-corrected chi connectivity index (χ1v) is 10.3. The lowest BCUT2D eigenvalue weighted by atomic mass is 10.3. The minimum Gasteiger partial charge on any atom is -0.339 e. The van der Waals surface area contributed by atoms with Gasteiger partial charge < -0.3 is 9.42 Å². The Hall–Kier alpha value is -1.38. The van der Waals surface area contributed by atoms with Crippen molar-refractivity contribution in [2.75, 3.05) is 31.9 Å². The van der Waals surface area contributed by atoms with Crippen LogP contribution >= 0.6 is 23.1 Å². The molecule has 3 heterocycles. The number of hydrogen-bond acceptors (Lipinski definition) is 7. The Morgan fingerprint density at radius 2 is 2.08 bits per heavy atom. The predicted octanol–water partition coefficient (Wildman–Crippen LogP) is 2.97. The van der Waals surface area contributed by atoms with Crippen molar-refractivity contribution in [2.24, 2.45) is 0 Å². The average Bonchev–Trinajstić information content (AvgIpc) is 3.24. The second kappa shape index (κ2) is 7.88. The summed E-state index contributed by atoms with van der Waals surface area (Å²) in [6, 6.07) is 3.96. The predicted molar refractivity (Wildman–Crippen MR) is 102 cm³/mol. The summed E-state index contributed by atoms with van der Waals surface area (Å²) >= 11 is 3.30. The summed E-state index contributed by atoms with van der Waals surface area (Å²) in [5, 5.41) is 6.04. The van der Waals surface area contributed by atoms with Crippen LogP contribution in [0.3, 0.4) is 0 Å². The summed E-state index contributed by atoms with van der Waals surface area (Å²) in [6.07, 6.45) is 0. The summed E-state index contributed by atoms with van der Waals surface area (Å²) in [6.45, 7) is 10.2. The van der Waals surface area contributed by atoms with Gasteiger partial charge in [0.25, 0.3) is 0 Å².